The third kappa shape index (κ3) is 6.49. The van der Waals surface area contributed by atoms with E-state index in [1.807, 2.05) is 6.08 Å². The van der Waals surface area contributed by atoms with Crippen LogP contribution in [0.2, 0.25) is 0 Å². The molecule has 0 bridgehead atoms. The lowest BCUT2D eigenvalue weighted by Crippen LogP contribution is -1.93. The first kappa shape index (κ1) is 13.1. The molecule has 0 amide bonds. The largest absolute Gasteiger partial charge is 0.354 e. The Balaban J connectivity index is 1.80. The molecule has 0 atom stereocenters. The van der Waals surface area contributed by atoms with E-state index in [2.05, 4.69) is 35.7 Å². The van der Waals surface area contributed by atoms with Gasteiger partial charge in [-0.25, -0.2) is 0 Å². The first-order valence-electron chi connectivity index (χ1n) is 6.65. The number of aromatic nitrogens is 1. The normalized spacial score (nSPS) is 10.5. The highest BCUT2D eigenvalue weighted by Crippen LogP contribution is 2.09. The molecule has 90 valence electrons. The molecule has 1 nitrogen and oxygen atoms in total. The van der Waals surface area contributed by atoms with E-state index in [0.717, 1.165) is 0 Å². The average molecular weight is 219 g/mol. The van der Waals surface area contributed by atoms with Crippen LogP contribution in [0.4, 0.5) is 0 Å². The van der Waals surface area contributed by atoms with Crippen LogP contribution in [-0.2, 0) is 6.54 Å². The monoisotopic (exact) mass is 219 g/mol. The third-order valence-corrected chi connectivity index (χ3v) is 2.99. The van der Waals surface area contributed by atoms with E-state index in [0.29, 0.717) is 0 Å². The molecule has 0 saturated carbocycles. The Kier molecular flexibility index (Phi) is 7.57. The van der Waals surface area contributed by atoms with Crippen molar-refractivity contribution in [2.45, 2.75) is 57.9 Å². The van der Waals surface area contributed by atoms with Gasteiger partial charge >= 0.3 is 0 Å². The molecule has 0 N–H and O–H groups in total. The van der Waals surface area contributed by atoms with E-state index >= 15 is 0 Å². The van der Waals surface area contributed by atoms with E-state index in [1.165, 1.54) is 57.9 Å². The van der Waals surface area contributed by atoms with E-state index < -0.39 is 0 Å². The van der Waals surface area contributed by atoms with Gasteiger partial charge in [0.1, 0.15) is 0 Å². The molecule has 0 spiro atoms. The summed E-state index contributed by atoms with van der Waals surface area (Å²) in [4.78, 5) is 0. The number of hydrogen-bond donors (Lipinski definition) is 0. The smallest absolute Gasteiger partial charge is 0.0219 e. The second-order valence-electron chi connectivity index (χ2n) is 4.47. The molecule has 0 aliphatic rings. The zero-order valence-corrected chi connectivity index (χ0v) is 10.4. The zero-order valence-electron chi connectivity index (χ0n) is 10.4. The Bertz CT molecular complexity index is 248. The number of nitrogens with zero attached hydrogens (tertiary/aromatic N) is 1. The van der Waals surface area contributed by atoms with Crippen molar-refractivity contribution in [1.29, 1.82) is 0 Å². The van der Waals surface area contributed by atoms with Gasteiger partial charge < -0.3 is 4.57 Å². The summed E-state index contributed by atoms with van der Waals surface area (Å²) in [6.45, 7) is 4.93. The van der Waals surface area contributed by atoms with Gasteiger partial charge in [-0.3, -0.25) is 0 Å². The van der Waals surface area contributed by atoms with E-state index in [-0.39, 0.29) is 0 Å². The Morgan fingerprint density at radius 3 is 2.00 bits per heavy atom. The Morgan fingerprint density at radius 1 is 0.812 bits per heavy atom. The first-order valence-corrected chi connectivity index (χ1v) is 6.65. The lowest BCUT2D eigenvalue weighted by molar-refractivity contribution is 0.547. The van der Waals surface area contributed by atoms with Gasteiger partial charge in [-0.15, -0.1) is 6.58 Å². The molecular weight excluding hydrogens is 194 g/mol. The highest BCUT2D eigenvalue weighted by Gasteiger charge is 1.92. The van der Waals surface area contributed by atoms with Gasteiger partial charge in [0, 0.05) is 18.9 Å². The second-order valence-corrected chi connectivity index (χ2v) is 4.47. The average Bonchev–Trinajstić information content (AvgIpc) is 2.80. The molecule has 0 aromatic carbocycles. The van der Waals surface area contributed by atoms with Crippen molar-refractivity contribution in [3.8, 4) is 0 Å². The van der Waals surface area contributed by atoms with E-state index in [1.54, 1.807) is 0 Å². The Hall–Kier alpha value is -0.980. The maximum atomic E-state index is 3.74. The van der Waals surface area contributed by atoms with Crippen molar-refractivity contribution in [3.05, 3.63) is 37.2 Å². The van der Waals surface area contributed by atoms with Crippen LogP contribution in [0.1, 0.15) is 51.4 Å². The number of unbranched alkanes of at least 4 members (excludes halogenated alkanes) is 7. The van der Waals surface area contributed by atoms with Gasteiger partial charge in [0.2, 0.25) is 0 Å². The molecule has 1 aromatic rings. The van der Waals surface area contributed by atoms with Crippen LogP contribution >= 0.6 is 0 Å². The Labute approximate surface area is 100 Å². The molecular formula is C15H25N. The van der Waals surface area contributed by atoms with Gasteiger partial charge in [-0.1, -0.05) is 38.2 Å². The first-order chi connectivity index (χ1) is 7.93. The summed E-state index contributed by atoms with van der Waals surface area (Å²) in [6.07, 6.45) is 17.1. The second kappa shape index (κ2) is 9.26. The van der Waals surface area contributed by atoms with Gasteiger partial charge in [-0.2, -0.15) is 0 Å². The van der Waals surface area contributed by atoms with Gasteiger partial charge in [0.05, 0.1) is 0 Å². The van der Waals surface area contributed by atoms with Gasteiger partial charge in [-0.05, 0) is 31.4 Å². The summed E-state index contributed by atoms with van der Waals surface area (Å²) in [7, 11) is 0. The number of hydrogen-bond acceptors (Lipinski definition) is 0. The SMILES string of the molecule is C=CCCCCCCCCCn1cccc1. The summed E-state index contributed by atoms with van der Waals surface area (Å²) in [6, 6.07) is 4.19. The van der Waals surface area contributed by atoms with Crippen molar-refractivity contribution in [2.75, 3.05) is 0 Å². The van der Waals surface area contributed by atoms with Crippen molar-refractivity contribution in [2.24, 2.45) is 0 Å². The summed E-state index contributed by atoms with van der Waals surface area (Å²) >= 11 is 0. The van der Waals surface area contributed by atoms with Crippen LogP contribution in [0, 0.1) is 0 Å². The molecule has 16 heavy (non-hydrogen) atoms. The number of allylic oxidation sites excluding steroid dienone is 1. The van der Waals surface area contributed by atoms with E-state index in [4.69, 9.17) is 0 Å². The van der Waals surface area contributed by atoms with Gasteiger partial charge in [0.25, 0.3) is 0 Å². The van der Waals surface area contributed by atoms with E-state index in [9.17, 15) is 0 Å². The molecule has 1 heterocycles. The molecule has 1 aromatic heterocycles. The van der Waals surface area contributed by atoms with Crippen molar-refractivity contribution >= 4 is 0 Å². The molecule has 0 radical (unpaired) electrons. The fourth-order valence-electron chi connectivity index (χ4n) is 1.99. The summed E-state index contributed by atoms with van der Waals surface area (Å²) in [5.41, 5.74) is 0. The van der Waals surface area contributed by atoms with Crippen LogP contribution in [0.3, 0.4) is 0 Å². The molecule has 0 saturated heterocycles. The minimum absolute atomic E-state index is 1.18. The van der Waals surface area contributed by atoms with Crippen LogP contribution < -0.4 is 0 Å². The molecule has 0 aliphatic carbocycles. The van der Waals surface area contributed by atoms with Crippen LogP contribution in [0.5, 0.6) is 0 Å². The predicted molar refractivity (Wildman–Crippen MR) is 71.6 cm³/mol. The fraction of sp³-hybridized carbons (Fsp3) is 0.600. The van der Waals surface area contributed by atoms with Crippen molar-refractivity contribution in [3.63, 3.8) is 0 Å². The third-order valence-electron chi connectivity index (χ3n) is 2.99. The lowest BCUT2D eigenvalue weighted by Gasteiger charge is -2.03. The highest BCUT2D eigenvalue weighted by molar-refractivity contribution is 4.89. The van der Waals surface area contributed by atoms with Crippen LogP contribution in [0.15, 0.2) is 37.2 Å². The minimum Gasteiger partial charge on any atom is -0.354 e. The molecule has 0 fully saturated rings. The van der Waals surface area contributed by atoms with Gasteiger partial charge in [0.15, 0.2) is 0 Å². The number of aryl methyl sites for hydroxylation is 1. The Morgan fingerprint density at radius 2 is 1.38 bits per heavy atom. The zero-order chi connectivity index (χ0) is 11.5. The molecule has 1 rings (SSSR count). The fourth-order valence-corrected chi connectivity index (χ4v) is 1.99. The van der Waals surface area contributed by atoms with Crippen molar-refractivity contribution in [1.82, 2.24) is 4.57 Å². The standard InChI is InChI=1S/C15H25N/c1-2-3-4-5-6-7-8-9-10-13-16-14-11-12-15-16/h2,11-12,14-15H,1,3-10,13H2. The van der Waals surface area contributed by atoms with Crippen LogP contribution in [-0.4, -0.2) is 4.57 Å². The highest BCUT2D eigenvalue weighted by atomic mass is 14.9. The maximum absolute atomic E-state index is 3.74. The summed E-state index contributed by atoms with van der Waals surface area (Å²) < 4.78 is 2.27. The molecule has 0 aliphatic heterocycles. The summed E-state index contributed by atoms with van der Waals surface area (Å²) in [5, 5.41) is 0. The topological polar surface area (TPSA) is 4.93 Å². The maximum Gasteiger partial charge on any atom is 0.0219 e. The lowest BCUT2D eigenvalue weighted by atomic mass is 10.1. The minimum atomic E-state index is 1.18. The number of rotatable bonds is 10. The predicted octanol–water partition coefficient (Wildman–Crippen LogP) is 4.79. The summed E-state index contributed by atoms with van der Waals surface area (Å²) in [5.74, 6) is 0. The van der Waals surface area contributed by atoms with Crippen molar-refractivity contribution < 1.29 is 0 Å². The molecule has 1 heteroatoms. The quantitative estimate of drug-likeness (QED) is 0.393. The van der Waals surface area contributed by atoms with Crippen LogP contribution in [0.25, 0.3) is 0 Å². The molecule has 0 unspecified atom stereocenters.